The SMILES string of the molecule is O=C(CN1CCOc2ccccc2C1)NCc1ccccc1-n1cccn1. The second-order valence-corrected chi connectivity index (χ2v) is 6.52. The number of ether oxygens (including phenoxy) is 1. The van der Waals surface area contributed by atoms with Gasteiger partial charge < -0.3 is 10.1 Å². The maximum Gasteiger partial charge on any atom is 0.234 e. The lowest BCUT2D eigenvalue weighted by atomic mass is 10.1. The van der Waals surface area contributed by atoms with Crippen LogP contribution in [0.5, 0.6) is 5.75 Å². The van der Waals surface area contributed by atoms with Gasteiger partial charge in [-0.1, -0.05) is 36.4 Å². The summed E-state index contributed by atoms with van der Waals surface area (Å²) < 4.78 is 7.57. The van der Waals surface area contributed by atoms with Crippen molar-refractivity contribution in [3.63, 3.8) is 0 Å². The molecule has 4 rings (SSSR count). The minimum absolute atomic E-state index is 0.00431. The lowest BCUT2D eigenvalue weighted by Gasteiger charge is -2.19. The van der Waals surface area contributed by atoms with Gasteiger partial charge in [-0.05, 0) is 23.8 Å². The summed E-state index contributed by atoms with van der Waals surface area (Å²) in [6.07, 6.45) is 3.64. The average Bonchev–Trinajstić information content (AvgIpc) is 3.15. The van der Waals surface area contributed by atoms with Gasteiger partial charge in [-0.3, -0.25) is 9.69 Å². The first-order valence-electron chi connectivity index (χ1n) is 9.07. The Balaban J connectivity index is 1.37. The van der Waals surface area contributed by atoms with Crippen LogP contribution in [-0.2, 0) is 17.9 Å². The number of hydrogen-bond donors (Lipinski definition) is 1. The molecule has 0 unspecified atom stereocenters. The molecule has 0 aliphatic carbocycles. The Kier molecular flexibility index (Phi) is 5.16. The molecule has 1 aromatic heterocycles. The van der Waals surface area contributed by atoms with E-state index in [2.05, 4.69) is 15.3 Å². The summed E-state index contributed by atoms with van der Waals surface area (Å²) in [5, 5.41) is 7.31. The van der Waals surface area contributed by atoms with Gasteiger partial charge in [0.2, 0.25) is 5.91 Å². The molecule has 6 heteroatoms. The Labute approximate surface area is 158 Å². The van der Waals surface area contributed by atoms with Crippen LogP contribution in [0, 0.1) is 0 Å². The second kappa shape index (κ2) is 8.05. The third kappa shape index (κ3) is 4.17. The standard InChI is InChI=1S/C21H22N4O2/c26-21(16-24-12-13-27-20-9-4-2-7-18(20)15-24)22-14-17-6-1-3-8-19(17)25-11-5-10-23-25/h1-11H,12-16H2,(H,22,26). The van der Waals surface area contributed by atoms with E-state index in [0.717, 1.165) is 29.1 Å². The smallest absolute Gasteiger partial charge is 0.234 e. The molecule has 0 saturated carbocycles. The van der Waals surface area contributed by atoms with Crippen molar-refractivity contribution in [2.45, 2.75) is 13.1 Å². The van der Waals surface area contributed by atoms with E-state index < -0.39 is 0 Å². The molecule has 0 saturated heterocycles. The lowest BCUT2D eigenvalue weighted by Crippen LogP contribution is -2.37. The molecule has 1 N–H and O–H groups in total. The number of nitrogens with one attached hydrogen (secondary N) is 1. The Morgan fingerprint density at radius 2 is 1.96 bits per heavy atom. The van der Waals surface area contributed by atoms with Gasteiger partial charge in [0.05, 0.1) is 12.2 Å². The number of amides is 1. The zero-order valence-electron chi connectivity index (χ0n) is 15.0. The fraction of sp³-hybridized carbons (Fsp3) is 0.238. The van der Waals surface area contributed by atoms with Crippen LogP contribution in [0.25, 0.3) is 5.69 Å². The fourth-order valence-electron chi connectivity index (χ4n) is 3.26. The Morgan fingerprint density at radius 1 is 1.11 bits per heavy atom. The first-order valence-corrected chi connectivity index (χ1v) is 9.07. The molecule has 0 atom stereocenters. The Bertz CT molecular complexity index is 908. The average molecular weight is 362 g/mol. The van der Waals surface area contributed by atoms with Crippen molar-refractivity contribution in [2.75, 3.05) is 19.7 Å². The maximum absolute atomic E-state index is 12.5. The fourth-order valence-corrected chi connectivity index (χ4v) is 3.26. The van der Waals surface area contributed by atoms with Crippen LogP contribution in [0.3, 0.4) is 0 Å². The van der Waals surface area contributed by atoms with Crippen LogP contribution in [0.1, 0.15) is 11.1 Å². The molecular formula is C21H22N4O2. The van der Waals surface area contributed by atoms with Gasteiger partial charge in [0.1, 0.15) is 12.4 Å². The Hall–Kier alpha value is -3.12. The molecule has 1 aliphatic rings. The normalized spacial score (nSPS) is 14.1. The number of hydrogen-bond acceptors (Lipinski definition) is 4. The number of rotatable bonds is 5. The van der Waals surface area contributed by atoms with Crippen LogP contribution >= 0.6 is 0 Å². The van der Waals surface area contributed by atoms with Gasteiger partial charge in [-0.15, -0.1) is 0 Å². The monoisotopic (exact) mass is 362 g/mol. The number of carbonyl (C=O) groups is 1. The van der Waals surface area contributed by atoms with E-state index in [-0.39, 0.29) is 5.91 Å². The summed E-state index contributed by atoms with van der Waals surface area (Å²) in [6, 6.07) is 17.8. The molecular weight excluding hydrogens is 340 g/mol. The first-order chi connectivity index (χ1) is 13.3. The summed E-state index contributed by atoms with van der Waals surface area (Å²) >= 11 is 0. The van der Waals surface area contributed by atoms with Crippen LogP contribution in [-0.4, -0.2) is 40.3 Å². The third-order valence-corrected chi connectivity index (χ3v) is 4.62. The molecule has 138 valence electrons. The predicted octanol–water partition coefficient (Wildman–Crippen LogP) is 2.38. The molecule has 2 heterocycles. The van der Waals surface area contributed by atoms with Crippen molar-refractivity contribution >= 4 is 5.91 Å². The van der Waals surface area contributed by atoms with Crippen molar-refractivity contribution < 1.29 is 9.53 Å². The molecule has 2 aromatic carbocycles. The maximum atomic E-state index is 12.5. The van der Waals surface area contributed by atoms with Crippen LogP contribution in [0.2, 0.25) is 0 Å². The number of para-hydroxylation sites is 2. The van der Waals surface area contributed by atoms with Crippen molar-refractivity contribution in [3.05, 3.63) is 78.1 Å². The Morgan fingerprint density at radius 3 is 2.85 bits per heavy atom. The predicted molar refractivity (Wildman–Crippen MR) is 103 cm³/mol. The lowest BCUT2D eigenvalue weighted by molar-refractivity contribution is -0.122. The van der Waals surface area contributed by atoms with Gasteiger partial charge >= 0.3 is 0 Å². The summed E-state index contributed by atoms with van der Waals surface area (Å²) in [4.78, 5) is 14.6. The molecule has 27 heavy (non-hydrogen) atoms. The highest BCUT2D eigenvalue weighted by molar-refractivity contribution is 5.78. The van der Waals surface area contributed by atoms with Gasteiger partial charge in [0.25, 0.3) is 0 Å². The van der Waals surface area contributed by atoms with E-state index in [4.69, 9.17) is 4.74 Å². The van der Waals surface area contributed by atoms with Gasteiger partial charge in [0.15, 0.2) is 0 Å². The first kappa shape index (κ1) is 17.3. The van der Waals surface area contributed by atoms with E-state index in [1.54, 1.807) is 6.20 Å². The topological polar surface area (TPSA) is 59.4 Å². The number of aromatic nitrogens is 2. The quantitative estimate of drug-likeness (QED) is 0.757. The number of nitrogens with zero attached hydrogens (tertiary/aromatic N) is 3. The minimum atomic E-state index is 0.00431. The molecule has 0 bridgehead atoms. The summed E-state index contributed by atoms with van der Waals surface area (Å²) in [5.74, 6) is 0.915. The minimum Gasteiger partial charge on any atom is -0.492 e. The summed E-state index contributed by atoms with van der Waals surface area (Å²) in [5.41, 5.74) is 3.12. The van der Waals surface area contributed by atoms with Crippen molar-refractivity contribution in [1.82, 2.24) is 20.0 Å². The van der Waals surface area contributed by atoms with Crippen molar-refractivity contribution in [1.29, 1.82) is 0 Å². The highest BCUT2D eigenvalue weighted by atomic mass is 16.5. The van der Waals surface area contributed by atoms with Gasteiger partial charge in [0, 0.05) is 37.6 Å². The van der Waals surface area contributed by atoms with Gasteiger partial charge in [-0.2, -0.15) is 5.10 Å². The van der Waals surface area contributed by atoms with Crippen LogP contribution in [0.15, 0.2) is 67.0 Å². The van der Waals surface area contributed by atoms with E-state index in [9.17, 15) is 4.79 Å². The van der Waals surface area contributed by atoms with Crippen LogP contribution in [0.4, 0.5) is 0 Å². The van der Waals surface area contributed by atoms with Crippen LogP contribution < -0.4 is 10.1 Å². The molecule has 1 amide bonds. The molecule has 0 fully saturated rings. The zero-order chi connectivity index (χ0) is 18.5. The molecule has 6 nitrogen and oxygen atoms in total. The molecule has 1 aliphatic heterocycles. The number of carbonyl (C=O) groups excluding carboxylic acids is 1. The number of fused-ring (bicyclic) bond motifs is 1. The van der Waals surface area contributed by atoms with E-state index >= 15 is 0 Å². The highest BCUT2D eigenvalue weighted by Crippen LogP contribution is 2.22. The van der Waals surface area contributed by atoms with Gasteiger partial charge in [-0.25, -0.2) is 4.68 Å². The summed E-state index contributed by atoms with van der Waals surface area (Å²) in [7, 11) is 0. The largest absolute Gasteiger partial charge is 0.492 e. The van der Waals surface area contributed by atoms with E-state index in [1.807, 2.05) is 65.5 Å². The van der Waals surface area contributed by atoms with Crippen molar-refractivity contribution in [3.8, 4) is 11.4 Å². The van der Waals surface area contributed by atoms with Crippen molar-refractivity contribution in [2.24, 2.45) is 0 Å². The van der Waals surface area contributed by atoms with E-state index in [0.29, 0.717) is 26.2 Å². The summed E-state index contributed by atoms with van der Waals surface area (Å²) in [6.45, 7) is 2.85. The molecule has 0 radical (unpaired) electrons. The van der Waals surface area contributed by atoms with E-state index in [1.165, 1.54) is 0 Å². The second-order valence-electron chi connectivity index (χ2n) is 6.52. The highest BCUT2D eigenvalue weighted by Gasteiger charge is 2.17. The molecule has 0 spiro atoms. The number of benzene rings is 2. The molecule has 3 aromatic rings. The zero-order valence-corrected chi connectivity index (χ0v) is 15.0. The third-order valence-electron chi connectivity index (χ3n) is 4.62.